The van der Waals surface area contributed by atoms with Crippen molar-refractivity contribution < 1.29 is 23.8 Å². The summed E-state index contributed by atoms with van der Waals surface area (Å²) in [5.41, 5.74) is 0.526. The third-order valence-electron chi connectivity index (χ3n) is 3.53. The van der Waals surface area contributed by atoms with Crippen LogP contribution in [-0.4, -0.2) is 30.3 Å². The van der Waals surface area contributed by atoms with Crippen LogP contribution >= 0.6 is 0 Å². The van der Waals surface area contributed by atoms with Gasteiger partial charge in [-0.3, -0.25) is 4.79 Å². The molecular formula is C17H16FNO4. The first-order valence-electron chi connectivity index (χ1n) is 7.23. The first kappa shape index (κ1) is 15.3. The number of halogens is 1. The summed E-state index contributed by atoms with van der Waals surface area (Å²) < 4.78 is 23.9. The van der Waals surface area contributed by atoms with E-state index < -0.39 is 12.2 Å². The van der Waals surface area contributed by atoms with Crippen LogP contribution < -0.4 is 14.8 Å². The number of amides is 1. The average molecular weight is 317 g/mol. The van der Waals surface area contributed by atoms with Gasteiger partial charge in [0, 0.05) is 6.54 Å². The summed E-state index contributed by atoms with van der Waals surface area (Å²) in [4.78, 5) is 12.1. The molecule has 2 aromatic carbocycles. The molecule has 0 radical (unpaired) electrons. The third kappa shape index (κ3) is 3.60. The summed E-state index contributed by atoms with van der Waals surface area (Å²) >= 11 is 0. The van der Waals surface area contributed by atoms with Crippen molar-refractivity contribution in [2.75, 3.05) is 13.2 Å². The SMILES string of the molecule is O=C(NCC(O)c1ccc(F)cc1)C1COc2ccccc2O1. The lowest BCUT2D eigenvalue weighted by atomic mass is 10.1. The summed E-state index contributed by atoms with van der Waals surface area (Å²) in [5.74, 6) is 0.359. The van der Waals surface area contributed by atoms with Gasteiger partial charge in [-0.2, -0.15) is 0 Å². The van der Waals surface area contributed by atoms with Gasteiger partial charge in [-0.25, -0.2) is 4.39 Å². The summed E-state index contributed by atoms with van der Waals surface area (Å²) in [6.07, 6.45) is -1.69. The zero-order chi connectivity index (χ0) is 16.2. The lowest BCUT2D eigenvalue weighted by Gasteiger charge is -2.26. The molecule has 1 amide bonds. The van der Waals surface area contributed by atoms with Crippen molar-refractivity contribution in [3.8, 4) is 11.5 Å². The smallest absolute Gasteiger partial charge is 0.264 e. The Morgan fingerprint density at radius 1 is 1.22 bits per heavy atom. The predicted molar refractivity (Wildman–Crippen MR) is 80.7 cm³/mol. The number of para-hydroxylation sites is 2. The number of hydrogen-bond donors (Lipinski definition) is 2. The number of aliphatic hydroxyl groups excluding tert-OH is 1. The van der Waals surface area contributed by atoms with Crippen LogP contribution in [0, 0.1) is 5.82 Å². The molecule has 0 spiro atoms. The minimum absolute atomic E-state index is 0.00593. The molecule has 1 aliphatic heterocycles. The van der Waals surface area contributed by atoms with Crippen molar-refractivity contribution in [2.24, 2.45) is 0 Å². The minimum atomic E-state index is -0.920. The first-order valence-corrected chi connectivity index (χ1v) is 7.23. The molecular weight excluding hydrogens is 301 g/mol. The quantitative estimate of drug-likeness (QED) is 0.902. The van der Waals surface area contributed by atoms with Crippen LogP contribution in [0.25, 0.3) is 0 Å². The molecule has 6 heteroatoms. The summed E-state index contributed by atoms with van der Waals surface area (Å²) in [7, 11) is 0. The molecule has 0 aromatic heterocycles. The van der Waals surface area contributed by atoms with E-state index in [9.17, 15) is 14.3 Å². The molecule has 2 aromatic rings. The van der Waals surface area contributed by atoms with Crippen LogP contribution in [0.2, 0.25) is 0 Å². The van der Waals surface area contributed by atoms with Gasteiger partial charge in [-0.1, -0.05) is 24.3 Å². The van der Waals surface area contributed by atoms with E-state index in [0.29, 0.717) is 17.1 Å². The van der Waals surface area contributed by atoms with Crippen molar-refractivity contribution in [3.63, 3.8) is 0 Å². The molecule has 0 bridgehead atoms. The lowest BCUT2D eigenvalue weighted by molar-refractivity contribution is -0.130. The molecule has 120 valence electrons. The maximum Gasteiger partial charge on any atom is 0.264 e. The number of carbonyl (C=O) groups excluding carboxylic acids is 1. The highest BCUT2D eigenvalue weighted by Crippen LogP contribution is 2.30. The number of benzene rings is 2. The van der Waals surface area contributed by atoms with Gasteiger partial charge in [-0.05, 0) is 29.8 Å². The normalized spacial score (nSPS) is 17.4. The van der Waals surface area contributed by atoms with Gasteiger partial charge in [0.2, 0.25) is 6.10 Å². The molecule has 0 saturated heterocycles. The summed E-state index contributed by atoms with van der Waals surface area (Å²) in [5, 5.41) is 12.6. The number of nitrogens with one attached hydrogen (secondary N) is 1. The fourth-order valence-corrected chi connectivity index (χ4v) is 2.26. The standard InChI is InChI=1S/C17H16FNO4/c18-12-7-5-11(6-8-12)13(20)9-19-17(21)16-10-22-14-3-1-2-4-15(14)23-16/h1-8,13,16,20H,9-10H2,(H,19,21). The monoisotopic (exact) mass is 317 g/mol. The fraction of sp³-hybridized carbons (Fsp3) is 0.235. The van der Waals surface area contributed by atoms with Crippen LogP contribution in [0.15, 0.2) is 48.5 Å². The maximum absolute atomic E-state index is 12.8. The van der Waals surface area contributed by atoms with Gasteiger partial charge < -0.3 is 19.9 Å². The molecule has 0 saturated carbocycles. The molecule has 2 atom stereocenters. The summed E-state index contributed by atoms with van der Waals surface area (Å²) in [6.45, 7) is 0.113. The fourth-order valence-electron chi connectivity index (χ4n) is 2.26. The Balaban J connectivity index is 1.55. The van der Waals surface area contributed by atoms with E-state index in [2.05, 4.69) is 5.32 Å². The Hall–Kier alpha value is -2.60. The molecule has 3 rings (SSSR count). The first-order chi connectivity index (χ1) is 11.1. The maximum atomic E-state index is 12.8. The van der Waals surface area contributed by atoms with Gasteiger partial charge in [0.1, 0.15) is 12.4 Å². The molecule has 1 aliphatic rings. The predicted octanol–water partition coefficient (Wildman–Crippen LogP) is 1.82. The topological polar surface area (TPSA) is 67.8 Å². The van der Waals surface area contributed by atoms with Crippen LogP contribution in [0.5, 0.6) is 11.5 Å². The average Bonchev–Trinajstić information content (AvgIpc) is 2.59. The second-order valence-corrected chi connectivity index (χ2v) is 5.18. The highest BCUT2D eigenvalue weighted by Gasteiger charge is 2.27. The molecule has 2 N–H and O–H groups in total. The number of ether oxygens (including phenoxy) is 2. The van der Waals surface area contributed by atoms with E-state index in [4.69, 9.17) is 9.47 Å². The van der Waals surface area contributed by atoms with Gasteiger partial charge in [-0.15, -0.1) is 0 Å². The van der Waals surface area contributed by atoms with Crippen molar-refractivity contribution in [1.29, 1.82) is 0 Å². The molecule has 2 unspecified atom stereocenters. The molecule has 23 heavy (non-hydrogen) atoms. The highest BCUT2D eigenvalue weighted by atomic mass is 19.1. The van der Waals surface area contributed by atoms with E-state index in [0.717, 1.165) is 0 Å². The van der Waals surface area contributed by atoms with E-state index in [-0.39, 0.29) is 24.9 Å². The Labute approximate surface area is 132 Å². The molecule has 5 nitrogen and oxygen atoms in total. The number of rotatable bonds is 4. The van der Waals surface area contributed by atoms with E-state index in [1.165, 1.54) is 24.3 Å². The second kappa shape index (κ2) is 6.66. The second-order valence-electron chi connectivity index (χ2n) is 5.18. The van der Waals surface area contributed by atoms with Gasteiger partial charge in [0.05, 0.1) is 6.10 Å². The number of carbonyl (C=O) groups is 1. The third-order valence-corrected chi connectivity index (χ3v) is 3.53. The van der Waals surface area contributed by atoms with Crippen molar-refractivity contribution in [1.82, 2.24) is 5.32 Å². The van der Waals surface area contributed by atoms with Crippen LogP contribution in [0.1, 0.15) is 11.7 Å². The Morgan fingerprint density at radius 3 is 2.65 bits per heavy atom. The van der Waals surface area contributed by atoms with E-state index in [1.54, 1.807) is 18.2 Å². The molecule has 0 aliphatic carbocycles. The lowest BCUT2D eigenvalue weighted by Crippen LogP contribution is -2.45. The zero-order valence-electron chi connectivity index (χ0n) is 12.2. The van der Waals surface area contributed by atoms with E-state index >= 15 is 0 Å². The van der Waals surface area contributed by atoms with E-state index in [1.807, 2.05) is 6.07 Å². The Bertz CT molecular complexity index is 689. The zero-order valence-corrected chi connectivity index (χ0v) is 12.2. The number of fused-ring (bicyclic) bond motifs is 1. The van der Waals surface area contributed by atoms with Gasteiger partial charge in [0.15, 0.2) is 11.5 Å². The largest absolute Gasteiger partial charge is 0.485 e. The van der Waals surface area contributed by atoms with Crippen LogP contribution in [0.4, 0.5) is 4.39 Å². The van der Waals surface area contributed by atoms with Crippen molar-refractivity contribution in [2.45, 2.75) is 12.2 Å². The highest BCUT2D eigenvalue weighted by molar-refractivity contribution is 5.81. The van der Waals surface area contributed by atoms with Gasteiger partial charge >= 0.3 is 0 Å². The minimum Gasteiger partial charge on any atom is -0.485 e. The number of aliphatic hydroxyl groups is 1. The summed E-state index contributed by atoms with van der Waals surface area (Å²) in [6, 6.07) is 12.6. The number of hydrogen-bond acceptors (Lipinski definition) is 4. The Morgan fingerprint density at radius 2 is 1.91 bits per heavy atom. The van der Waals surface area contributed by atoms with Crippen LogP contribution in [-0.2, 0) is 4.79 Å². The van der Waals surface area contributed by atoms with Crippen LogP contribution in [0.3, 0.4) is 0 Å². The van der Waals surface area contributed by atoms with Crippen molar-refractivity contribution >= 4 is 5.91 Å². The Kier molecular flexibility index (Phi) is 4.43. The molecule has 1 heterocycles. The molecule has 0 fully saturated rings. The van der Waals surface area contributed by atoms with Crippen molar-refractivity contribution in [3.05, 3.63) is 59.9 Å². The van der Waals surface area contributed by atoms with Gasteiger partial charge in [0.25, 0.3) is 5.91 Å².